The van der Waals surface area contributed by atoms with Gasteiger partial charge in [-0.15, -0.1) is 11.8 Å². The largest absolute Gasteiger partial charge is 0.480 e. The van der Waals surface area contributed by atoms with E-state index in [1.807, 2.05) is 0 Å². The lowest BCUT2D eigenvalue weighted by molar-refractivity contribution is -0.140. The van der Waals surface area contributed by atoms with Gasteiger partial charge in [0, 0.05) is 12.3 Å². The Kier molecular flexibility index (Phi) is 3.60. The molecule has 6 heteroatoms. The van der Waals surface area contributed by atoms with Crippen molar-refractivity contribution in [3.8, 4) is 0 Å². The molecule has 0 unspecified atom stereocenters. The highest BCUT2D eigenvalue weighted by molar-refractivity contribution is 7.99. The van der Waals surface area contributed by atoms with Gasteiger partial charge in [-0.1, -0.05) is 0 Å². The number of carbonyl (C=O) groups is 2. The maximum atomic E-state index is 12.1. The fourth-order valence-corrected chi connectivity index (χ4v) is 4.07. The maximum Gasteiger partial charge on any atom is 0.327 e. The first-order chi connectivity index (χ1) is 9.16. The molecule has 0 spiro atoms. The fraction of sp³-hybridized carbons (Fsp3) is 0.846. The van der Waals surface area contributed by atoms with Gasteiger partial charge >= 0.3 is 12.0 Å². The summed E-state index contributed by atoms with van der Waals surface area (Å²) in [5.41, 5.74) is 0. The zero-order valence-corrected chi connectivity index (χ0v) is 11.7. The molecule has 0 aromatic heterocycles. The number of aliphatic carboxylic acids is 1. The van der Waals surface area contributed by atoms with E-state index < -0.39 is 12.0 Å². The third kappa shape index (κ3) is 2.99. The molecule has 5 nitrogen and oxygen atoms in total. The van der Waals surface area contributed by atoms with E-state index in [4.69, 9.17) is 5.11 Å². The quantitative estimate of drug-likeness (QED) is 0.804. The summed E-state index contributed by atoms with van der Waals surface area (Å²) in [4.78, 5) is 24.6. The smallest absolute Gasteiger partial charge is 0.327 e. The standard InChI is InChI=1S/C13H20N2O3S/c16-12(17)11-6-19-7-15(11)13(18)14-5-10(8-1-2-8)9-3-4-9/h8-11H,1-7H2,(H,14,18)(H,16,17)/t11-/m0/s1. The van der Waals surface area contributed by atoms with Gasteiger partial charge < -0.3 is 15.3 Å². The van der Waals surface area contributed by atoms with Crippen molar-refractivity contribution in [2.45, 2.75) is 31.7 Å². The molecule has 0 aromatic rings. The van der Waals surface area contributed by atoms with Gasteiger partial charge in [0.1, 0.15) is 6.04 Å². The van der Waals surface area contributed by atoms with E-state index in [-0.39, 0.29) is 6.03 Å². The Balaban J connectivity index is 1.51. The Hall–Kier alpha value is -0.910. The van der Waals surface area contributed by atoms with Crippen LogP contribution in [0.2, 0.25) is 0 Å². The minimum absolute atomic E-state index is 0.205. The molecule has 106 valence electrons. The lowest BCUT2D eigenvalue weighted by atomic mass is 9.98. The Labute approximate surface area is 117 Å². The highest BCUT2D eigenvalue weighted by Gasteiger charge is 2.42. The van der Waals surface area contributed by atoms with Crippen LogP contribution in [0.25, 0.3) is 0 Å². The molecular formula is C13H20N2O3S. The van der Waals surface area contributed by atoms with E-state index >= 15 is 0 Å². The first kappa shape index (κ1) is 13.1. The molecule has 1 saturated heterocycles. The first-order valence-corrected chi connectivity index (χ1v) is 8.17. The lowest BCUT2D eigenvalue weighted by Gasteiger charge is -2.23. The third-order valence-corrected chi connectivity index (χ3v) is 5.38. The molecule has 3 aliphatic rings. The highest BCUT2D eigenvalue weighted by atomic mass is 32.2. The van der Waals surface area contributed by atoms with Crippen molar-refractivity contribution in [1.29, 1.82) is 0 Å². The van der Waals surface area contributed by atoms with Crippen molar-refractivity contribution < 1.29 is 14.7 Å². The minimum atomic E-state index is -0.902. The van der Waals surface area contributed by atoms with Crippen molar-refractivity contribution in [2.24, 2.45) is 17.8 Å². The Bertz CT molecular complexity index is 370. The van der Waals surface area contributed by atoms with Crippen LogP contribution in [0.1, 0.15) is 25.7 Å². The molecule has 0 radical (unpaired) electrons. The number of thioether (sulfide) groups is 1. The second kappa shape index (κ2) is 5.23. The predicted molar refractivity (Wildman–Crippen MR) is 72.9 cm³/mol. The summed E-state index contributed by atoms with van der Waals surface area (Å²) in [5, 5.41) is 12.0. The van der Waals surface area contributed by atoms with E-state index in [0.29, 0.717) is 17.5 Å². The zero-order valence-electron chi connectivity index (χ0n) is 10.9. The van der Waals surface area contributed by atoms with E-state index in [0.717, 1.165) is 18.4 Å². The van der Waals surface area contributed by atoms with Crippen molar-refractivity contribution in [3.05, 3.63) is 0 Å². The van der Waals surface area contributed by atoms with Crippen LogP contribution in [-0.2, 0) is 4.79 Å². The summed E-state index contributed by atoms with van der Waals surface area (Å²) >= 11 is 1.50. The van der Waals surface area contributed by atoms with Gasteiger partial charge in [-0.3, -0.25) is 0 Å². The molecule has 2 aliphatic carbocycles. The number of nitrogens with one attached hydrogen (secondary N) is 1. The number of amides is 2. The van der Waals surface area contributed by atoms with Crippen LogP contribution >= 0.6 is 11.8 Å². The van der Waals surface area contributed by atoms with Crippen molar-refractivity contribution >= 4 is 23.8 Å². The van der Waals surface area contributed by atoms with Gasteiger partial charge in [0.05, 0.1) is 5.88 Å². The average molecular weight is 284 g/mol. The summed E-state index contributed by atoms with van der Waals surface area (Å²) in [7, 11) is 0. The van der Waals surface area contributed by atoms with E-state index in [1.165, 1.54) is 42.3 Å². The fourth-order valence-electron chi connectivity index (χ4n) is 2.92. The SMILES string of the molecule is O=C(O)[C@@H]1CSCN1C(=O)NCC(C1CC1)C1CC1. The summed E-state index contributed by atoms with van der Waals surface area (Å²) in [6.45, 7) is 0.724. The zero-order chi connectivity index (χ0) is 13.4. The van der Waals surface area contributed by atoms with E-state index in [9.17, 15) is 9.59 Å². The van der Waals surface area contributed by atoms with Gasteiger partial charge in [0.15, 0.2) is 0 Å². The Morgan fingerprint density at radius 1 is 1.26 bits per heavy atom. The molecule has 0 bridgehead atoms. The second-order valence-electron chi connectivity index (χ2n) is 5.85. The number of hydrogen-bond acceptors (Lipinski definition) is 3. The Morgan fingerprint density at radius 3 is 2.42 bits per heavy atom. The van der Waals surface area contributed by atoms with Crippen molar-refractivity contribution in [1.82, 2.24) is 10.2 Å². The summed E-state index contributed by atoms with van der Waals surface area (Å²) in [5.74, 6) is 2.31. The van der Waals surface area contributed by atoms with Gasteiger partial charge in [0.25, 0.3) is 0 Å². The molecule has 1 atom stereocenters. The summed E-state index contributed by atoms with van der Waals surface area (Å²) < 4.78 is 0. The maximum absolute atomic E-state index is 12.1. The number of rotatable bonds is 5. The summed E-state index contributed by atoms with van der Waals surface area (Å²) in [6.07, 6.45) is 5.20. The molecule has 1 heterocycles. The predicted octanol–water partition coefficient (Wildman–Crippen LogP) is 1.59. The molecular weight excluding hydrogens is 264 g/mol. The van der Waals surface area contributed by atoms with Gasteiger partial charge in [0.2, 0.25) is 0 Å². The Morgan fingerprint density at radius 2 is 1.89 bits per heavy atom. The van der Waals surface area contributed by atoms with Crippen LogP contribution < -0.4 is 5.32 Å². The number of hydrogen-bond donors (Lipinski definition) is 2. The van der Waals surface area contributed by atoms with Crippen LogP contribution in [0.15, 0.2) is 0 Å². The number of carboxylic acid groups (broad SMARTS) is 1. The van der Waals surface area contributed by atoms with Gasteiger partial charge in [-0.05, 0) is 43.4 Å². The topological polar surface area (TPSA) is 69.6 Å². The molecule has 2 N–H and O–H groups in total. The number of urea groups is 1. The molecule has 0 aromatic carbocycles. The van der Waals surface area contributed by atoms with Crippen molar-refractivity contribution in [3.63, 3.8) is 0 Å². The van der Waals surface area contributed by atoms with Crippen LogP contribution in [0.4, 0.5) is 4.79 Å². The van der Waals surface area contributed by atoms with E-state index in [2.05, 4.69) is 5.32 Å². The van der Waals surface area contributed by atoms with Gasteiger partial charge in [-0.2, -0.15) is 0 Å². The average Bonchev–Trinajstić information content (AvgIpc) is 3.29. The van der Waals surface area contributed by atoms with Crippen LogP contribution in [0.5, 0.6) is 0 Å². The van der Waals surface area contributed by atoms with Crippen molar-refractivity contribution in [2.75, 3.05) is 18.2 Å². The number of nitrogens with zero attached hydrogens (tertiary/aromatic N) is 1. The molecule has 2 amide bonds. The highest BCUT2D eigenvalue weighted by Crippen LogP contribution is 2.48. The molecule has 2 saturated carbocycles. The number of carboxylic acids is 1. The van der Waals surface area contributed by atoms with E-state index in [1.54, 1.807) is 0 Å². The number of carbonyl (C=O) groups excluding carboxylic acids is 1. The first-order valence-electron chi connectivity index (χ1n) is 7.02. The normalized spacial score (nSPS) is 26.8. The van der Waals surface area contributed by atoms with Gasteiger partial charge in [-0.25, -0.2) is 9.59 Å². The summed E-state index contributed by atoms with van der Waals surface area (Å²) in [6, 6.07) is -0.867. The van der Waals surface area contributed by atoms with Crippen LogP contribution in [0, 0.1) is 17.8 Å². The molecule has 3 rings (SSSR count). The molecule has 3 fully saturated rings. The van der Waals surface area contributed by atoms with Crippen LogP contribution in [-0.4, -0.2) is 46.2 Å². The third-order valence-electron chi connectivity index (χ3n) is 4.37. The minimum Gasteiger partial charge on any atom is -0.480 e. The lowest BCUT2D eigenvalue weighted by Crippen LogP contribution is -2.48. The monoisotopic (exact) mass is 284 g/mol. The second-order valence-corrected chi connectivity index (χ2v) is 6.85. The molecule has 19 heavy (non-hydrogen) atoms. The molecule has 1 aliphatic heterocycles. The van der Waals surface area contributed by atoms with Crippen LogP contribution in [0.3, 0.4) is 0 Å².